The van der Waals surface area contributed by atoms with E-state index in [1.807, 2.05) is 11.4 Å². The second-order valence-corrected chi connectivity index (χ2v) is 6.49. The Hall–Kier alpha value is -1.29. The molecule has 3 aromatic rings. The molecule has 4 heteroatoms. The summed E-state index contributed by atoms with van der Waals surface area (Å²) in [7, 11) is 0. The second kappa shape index (κ2) is 5.78. The van der Waals surface area contributed by atoms with Crippen molar-refractivity contribution < 1.29 is 0 Å². The van der Waals surface area contributed by atoms with Crippen LogP contribution in [-0.4, -0.2) is 0 Å². The van der Waals surface area contributed by atoms with Crippen LogP contribution in [0, 0.1) is 0 Å². The smallest absolute Gasteiger partial charge is 0.0516 e. The van der Waals surface area contributed by atoms with Gasteiger partial charge in [-0.1, -0.05) is 35.9 Å². The zero-order chi connectivity index (χ0) is 13.1. The summed E-state index contributed by atoms with van der Waals surface area (Å²) in [6, 6.07) is 14.6. The molecule has 3 rings (SSSR count). The average Bonchev–Trinajstić information content (AvgIpc) is 3.08. The number of rotatable bonds is 4. The van der Waals surface area contributed by atoms with Crippen LogP contribution in [-0.2, 0) is 6.54 Å². The number of thiophene rings is 2. The molecule has 1 nitrogen and oxygen atoms in total. The summed E-state index contributed by atoms with van der Waals surface area (Å²) in [5, 5.41) is 8.37. The Morgan fingerprint density at radius 1 is 1.05 bits per heavy atom. The molecule has 1 aromatic carbocycles. The molecule has 0 aliphatic carbocycles. The van der Waals surface area contributed by atoms with Crippen LogP contribution < -0.4 is 5.32 Å². The Kier molecular flexibility index (Phi) is 3.87. The average molecular weight is 306 g/mol. The van der Waals surface area contributed by atoms with Crippen LogP contribution in [0.3, 0.4) is 0 Å². The quantitative estimate of drug-likeness (QED) is 0.648. The maximum atomic E-state index is 5.94. The Balaban J connectivity index is 1.81. The predicted molar refractivity (Wildman–Crippen MR) is 86.4 cm³/mol. The summed E-state index contributed by atoms with van der Waals surface area (Å²) in [6.07, 6.45) is 0. The van der Waals surface area contributed by atoms with Crippen molar-refractivity contribution in [3.63, 3.8) is 0 Å². The van der Waals surface area contributed by atoms with Crippen molar-refractivity contribution in [1.82, 2.24) is 0 Å². The molecule has 0 spiro atoms. The van der Waals surface area contributed by atoms with Gasteiger partial charge in [-0.3, -0.25) is 0 Å². The van der Waals surface area contributed by atoms with Crippen LogP contribution in [0.15, 0.2) is 53.2 Å². The molecule has 0 radical (unpaired) electrons. The van der Waals surface area contributed by atoms with E-state index < -0.39 is 0 Å². The van der Waals surface area contributed by atoms with Crippen molar-refractivity contribution in [2.45, 2.75) is 6.54 Å². The van der Waals surface area contributed by atoms with E-state index in [0.29, 0.717) is 0 Å². The Bertz CT molecular complexity index is 658. The fourth-order valence-electron chi connectivity index (χ4n) is 1.91. The van der Waals surface area contributed by atoms with Crippen LogP contribution in [0.1, 0.15) is 4.88 Å². The van der Waals surface area contributed by atoms with E-state index >= 15 is 0 Å². The van der Waals surface area contributed by atoms with Gasteiger partial charge in [-0.05, 0) is 23.6 Å². The van der Waals surface area contributed by atoms with E-state index in [2.05, 4.69) is 47.1 Å². The molecule has 1 N–H and O–H groups in total. The van der Waals surface area contributed by atoms with Crippen molar-refractivity contribution in [2.75, 3.05) is 5.32 Å². The molecule has 0 bridgehead atoms. The summed E-state index contributed by atoms with van der Waals surface area (Å²) in [5.41, 5.74) is 2.41. The number of nitrogens with one attached hydrogen (secondary N) is 1. The summed E-state index contributed by atoms with van der Waals surface area (Å²) >= 11 is 9.38. The highest BCUT2D eigenvalue weighted by Crippen LogP contribution is 2.32. The third kappa shape index (κ3) is 3.00. The first kappa shape index (κ1) is 12.7. The molecule has 0 unspecified atom stereocenters. The van der Waals surface area contributed by atoms with Gasteiger partial charge in [-0.2, -0.15) is 0 Å². The molecule has 0 saturated heterocycles. The van der Waals surface area contributed by atoms with E-state index in [4.69, 9.17) is 11.6 Å². The minimum absolute atomic E-state index is 0.805. The highest BCUT2D eigenvalue weighted by Gasteiger charge is 2.05. The van der Waals surface area contributed by atoms with Gasteiger partial charge < -0.3 is 5.32 Å². The van der Waals surface area contributed by atoms with Gasteiger partial charge >= 0.3 is 0 Å². The normalized spacial score (nSPS) is 10.6. The number of hydrogen-bond donors (Lipinski definition) is 1. The third-order valence-corrected chi connectivity index (χ3v) is 4.98. The molecule has 0 aliphatic rings. The fourth-order valence-corrected chi connectivity index (χ4v) is 3.69. The lowest BCUT2D eigenvalue weighted by atomic mass is 10.1. The number of hydrogen-bond acceptors (Lipinski definition) is 3. The van der Waals surface area contributed by atoms with E-state index in [1.54, 1.807) is 22.7 Å². The maximum Gasteiger partial charge on any atom is 0.0516 e. The van der Waals surface area contributed by atoms with Gasteiger partial charge in [-0.15, -0.1) is 22.7 Å². The van der Waals surface area contributed by atoms with Crippen molar-refractivity contribution in [3.8, 4) is 10.4 Å². The monoisotopic (exact) mass is 305 g/mol. The van der Waals surface area contributed by atoms with Crippen molar-refractivity contribution in [3.05, 3.63) is 63.1 Å². The molecule has 0 fully saturated rings. The number of benzene rings is 1. The zero-order valence-corrected chi connectivity index (χ0v) is 12.5. The largest absolute Gasteiger partial charge is 0.380 e. The standard InChI is InChI=1S/C15H12ClNS2/c16-11-8-12(19-10-11)9-17-14-5-2-1-4-13(14)15-6-3-7-18-15/h1-8,10,17H,9H2. The second-order valence-electron chi connectivity index (χ2n) is 4.11. The number of anilines is 1. The van der Waals surface area contributed by atoms with Crippen LogP contribution in [0.25, 0.3) is 10.4 Å². The molecule has 0 atom stereocenters. The Morgan fingerprint density at radius 3 is 2.68 bits per heavy atom. The molecule has 0 saturated carbocycles. The first-order chi connectivity index (χ1) is 9.33. The van der Waals surface area contributed by atoms with E-state index in [9.17, 15) is 0 Å². The lowest BCUT2D eigenvalue weighted by molar-refractivity contribution is 1.19. The fraction of sp³-hybridized carbons (Fsp3) is 0.0667. The van der Waals surface area contributed by atoms with Gasteiger partial charge in [0, 0.05) is 32.9 Å². The molecule has 96 valence electrons. The van der Waals surface area contributed by atoms with Crippen LogP contribution in [0.4, 0.5) is 5.69 Å². The first-order valence-corrected chi connectivity index (χ1v) is 8.06. The van der Waals surface area contributed by atoms with Gasteiger partial charge in [0.05, 0.1) is 5.02 Å². The van der Waals surface area contributed by atoms with Crippen LogP contribution in [0.2, 0.25) is 5.02 Å². The summed E-state index contributed by atoms with van der Waals surface area (Å²) in [6.45, 7) is 0.805. The van der Waals surface area contributed by atoms with Gasteiger partial charge in [0.1, 0.15) is 0 Å². The van der Waals surface area contributed by atoms with Crippen molar-refractivity contribution in [1.29, 1.82) is 0 Å². The summed E-state index contributed by atoms with van der Waals surface area (Å²) in [4.78, 5) is 2.53. The van der Waals surface area contributed by atoms with Gasteiger partial charge in [-0.25, -0.2) is 0 Å². The number of halogens is 1. The Morgan fingerprint density at radius 2 is 1.95 bits per heavy atom. The first-order valence-electron chi connectivity index (χ1n) is 5.92. The summed E-state index contributed by atoms with van der Waals surface area (Å²) < 4.78 is 0. The van der Waals surface area contributed by atoms with E-state index in [0.717, 1.165) is 17.3 Å². The Labute approximate surface area is 125 Å². The van der Waals surface area contributed by atoms with Crippen LogP contribution >= 0.6 is 34.3 Å². The molecule has 0 aliphatic heterocycles. The number of para-hydroxylation sites is 1. The van der Waals surface area contributed by atoms with Crippen LogP contribution in [0.5, 0.6) is 0 Å². The molecule has 19 heavy (non-hydrogen) atoms. The lowest BCUT2D eigenvalue weighted by Gasteiger charge is -2.10. The molecular weight excluding hydrogens is 294 g/mol. The molecule has 2 heterocycles. The molecular formula is C15H12ClNS2. The third-order valence-electron chi connectivity index (χ3n) is 2.79. The van der Waals surface area contributed by atoms with Gasteiger partial charge in [0.25, 0.3) is 0 Å². The lowest BCUT2D eigenvalue weighted by Crippen LogP contribution is -1.98. The minimum atomic E-state index is 0.805. The molecule has 0 amide bonds. The summed E-state index contributed by atoms with van der Waals surface area (Å²) in [5.74, 6) is 0. The minimum Gasteiger partial charge on any atom is -0.380 e. The zero-order valence-electron chi connectivity index (χ0n) is 10.1. The highest BCUT2D eigenvalue weighted by molar-refractivity contribution is 7.13. The topological polar surface area (TPSA) is 12.0 Å². The van der Waals surface area contributed by atoms with Gasteiger partial charge in [0.15, 0.2) is 0 Å². The van der Waals surface area contributed by atoms with Gasteiger partial charge in [0.2, 0.25) is 0 Å². The highest BCUT2D eigenvalue weighted by atomic mass is 35.5. The maximum absolute atomic E-state index is 5.94. The predicted octanol–water partition coefficient (Wildman–Crippen LogP) is 5.74. The van der Waals surface area contributed by atoms with E-state index in [1.165, 1.54) is 15.3 Å². The van der Waals surface area contributed by atoms with E-state index in [-0.39, 0.29) is 0 Å². The van der Waals surface area contributed by atoms with Crippen molar-refractivity contribution >= 4 is 40.0 Å². The van der Waals surface area contributed by atoms with Crippen molar-refractivity contribution in [2.24, 2.45) is 0 Å². The SMILES string of the molecule is Clc1csc(CNc2ccccc2-c2cccs2)c1. The molecule has 2 aromatic heterocycles.